The van der Waals surface area contributed by atoms with E-state index in [-0.39, 0.29) is 0 Å². The summed E-state index contributed by atoms with van der Waals surface area (Å²) in [6.45, 7) is 0. The minimum atomic E-state index is 1.03. The number of aromatic nitrogens is 1. The first-order valence-corrected chi connectivity index (χ1v) is 7.28. The fourth-order valence-corrected chi connectivity index (χ4v) is 3.25. The Labute approximate surface area is 118 Å². The molecule has 0 aliphatic heterocycles. The minimum absolute atomic E-state index is 1.03. The molecule has 0 bridgehead atoms. The van der Waals surface area contributed by atoms with Crippen LogP contribution in [-0.4, -0.2) is 4.98 Å². The van der Waals surface area contributed by atoms with Crippen molar-refractivity contribution in [1.82, 2.24) is 4.98 Å². The van der Waals surface area contributed by atoms with E-state index in [0.29, 0.717) is 0 Å². The van der Waals surface area contributed by atoms with Gasteiger partial charge in [-0.2, -0.15) is 0 Å². The molecule has 0 amide bonds. The van der Waals surface area contributed by atoms with Gasteiger partial charge in [0.15, 0.2) is 0 Å². The molecule has 0 aliphatic rings. The Kier molecular flexibility index (Phi) is 3.26. The van der Waals surface area contributed by atoms with Gasteiger partial charge in [0, 0.05) is 21.0 Å². The number of rotatable bonds is 2. The van der Waals surface area contributed by atoms with Gasteiger partial charge >= 0.3 is 0 Å². The lowest BCUT2D eigenvalue weighted by Crippen LogP contribution is -1.80. The van der Waals surface area contributed by atoms with Crippen LogP contribution in [0.2, 0.25) is 0 Å². The maximum atomic E-state index is 4.70. The van der Waals surface area contributed by atoms with E-state index in [0.717, 1.165) is 26.3 Å². The lowest BCUT2D eigenvalue weighted by molar-refractivity contribution is 1.40. The topological polar surface area (TPSA) is 12.9 Å². The van der Waals surface area contributed by atoms with Gasteiger partial charge < -0.3 is 0 Å². The van der Waals surface area contributed by atoms with Crippen LogP contribution >= 0.6 is 27.3 Å². The fourth-order valence-electron chi connectivity index (χ4n) is 1.77. The number of thiazole rings is 1. The molecule has 0 atom stereocenters. The summed E-state index contributed by atoms with van der Waals surface area (Å²) in [4.78, 5) is 4.70. The van der Waals surface area contributed by atoms with Crippen LogP contribution in [0.1, 0.15) is 0 Å². The Bertz CT molecular complexity index is 661. The first-order valence-electron chi connectivity index (χ1n) is 5.60. The molecule has 88 valence electrons. The van der Waals surface area contributed by atoms with Gasteiger partial charge in [0.25, 0.3) is 0 Å². The maximum Gasteiger partial charge on any atom is 0.125 e. The highest BCUT2D eigenvalue weighted by Gasteiger charge is 2.08. The van der Waals surface area contributed by atoms with Gasteiger partial charge in [0.2, 0.25) is 0 Å². The molecule has 0 spiro atoms. The summed E-state index contributed by atoms with van der Waals surface area (Å²) in [5, 5.41) is 3.14. The molecule has 0 unspecified atom stereocenters. The third-order valence-corrected chi connectivity index (χ3v) is 4.25. The monoisotopic (exact) mass is 315 g/mol. The normalized spacial score (nSPS) is 10.5. The highest BCUT2D eigenvalue weighted by Crippen LogP contribution is 2.32. The fraction of sp³-hybridized carbons (Fsp3) is 0. The van der Waals surface area contributed by atoms with Gasteiger partial charge in [-0.15, -0.1) is 11.3 Å². The van der Waals surface area contributed by atoms with E-state index in [2.05, 4.69) is 39.5 Å². The Morgan fingerprint density at radius 1 is 0.889 bits per heavy atom. The molecule has 3 aromatic rings. The van der Waals surface area contributed by atoms with Gasteiger partial charge in [-0.05, 0) is 6.07 Å². The molecule has 1 aromatic heterocycles. The Morgan fingerprint density at radius 2 is 1.61 bits per heavy atom. The van der Waals surface area contributed by atoms with Gasteiger partial charge in [0.1, 0.15) is 5.01 Å². The predicted octanol–water partition coefficient (Wildman–Crippen LogP) is 5.24. The van der Waals surface area contributed by atoms with Crippen molar-refractivity contribution in [3.63, 3.8) is 0 Å². The summed E-state index contributed by atoms with van der Waals surface area (Å²) in [7, 11) is 0. The highest BCUT2D eigenvalue weighted by molar-refractivity contribution is 9.10. The molecule has 1 nitrogen and oxygen atoms in total. The third-order valence-electron chi connectivity index (χ3n) is 2.68. The van der Waals surface area contributed by atoms with E-state index in [1.807, 2.05) is 36.4 Å². The smallest absolute Gasteiger partial charge is 0.125 e. The van der Waals surface area contributed by atoms with Crippen molar-refractivity contribution in [2.24, 2.45) is 0 Å². The third kappa shape index (κ3) is 2.24. The summed E-state index contributed by atoms with van der Waals surface area (Å²) < 4.78 is 1.08. The molecule has 18 heavy (non-hydrogen) atoms. The van der Waals surface area contributed by atoms with Crippen molar-refractivity contribution in [2.45, 2.75) is 0 Å². The molecular weight excluding hydrogens is 306 g/mol. The van der Waals surface area contributed by atoms with Crippen molar-refractivity contribution >= 4 is 27.3 Å². The average molecular weight is 316 g/mol. The number of hydrogen-bond acceptors (Lipinski definition) is 2. The van der Waals surface area contributed by atoms with Crippen LogP contribution in [0, 0.1) is 0 Å². The zero-order valence-electron chi connectivity index (χ0n) is 9.51. The average Bonchev–Trinajstić information content (AvgIpc) is 2.90. The first kappa shape index (κ1) is 11.6. The molecule has 3 heteroatoms. The lowest BCUT2D eigenvalue weighted by atomic mass is 10.2. The van der Waals surface area contributed by atoms with Crippen LogP contribution in [0.3, 0.4) is 0 Å². The van der Waals surface area contributed by atoms with Crippen LogP contribution < -0.4 is 0 Å². The van der Waals surface area contributed by atoms with E-state index in [1.54, 1.807) is 11.3 Å². The van der Waals surface area contributed by atoms with Gasteiger partial charge in [-0.3, -0.25) is 0 Å². The van der Waals surface area contributed by atoms with Crippen LogP contribution in [-0.2, 0) is 0 Å². The largest absolute Gasteiger partial charge is 0.236 e. The Hall–Kier alpha value is -1.45. The molecular formula is C15H10BrNS. The molecule has 0 saturated carbocycles. The summed E-state index contributed by atoms with van der Waals surface area (Å²) in [6.07, 6.45) is 0. The highest BCUT2D eigenvalue weighted by atomic mass is 79.9. The second-order valence-electron chi connectivity index (χ2n) is 3.88. The van der Waals surface area contributed by atoms with E-state index in [1.165, 1.54) is 0 Å². The number of hydrogen-bond donors (Lipinski definition) is 0. The second kappa shape index (κ2) is 5.04. The van der Waals surface area contributed by atoms with E-state index in [4.69, 9.17) is 4.98 Å². The summed E-state index contributed by atoms with van der Waals surface area (Å²) in [5.41, 5.74) is 3.34. The molecule has 1 heterocycles. The number of benzene rings is 2. The first-order chi connectivity index (χ1) is 8.84. The van der Waals surface area contributed by atoms with E-state index in [9.17, 15) is 0 Å². The molecule has 0 saturated heterocycles. The van der Waals surface area contributed by atoms with Crippen LogP contribution in [0.15, 0.2) is 64.5 Å². The van der Waals surface area contributed by atoms with Crippen molar-refractivity contribution in [1.29, 1.82) is 0 Å². The molecule has 3 rings (SSSR count). The van der Waals surface area contributed by atoms with Crippen LogP contribution in [0.25, 0.3) is 21.8 Å². The maximum absolute atomic E-state index is 4.70. The van der Waals surface area contributed by atoms with E-state index >= 15 is 0 Å². The number of nitrogens with zero attached hydrogens (tertiary/aromatic N) is 1. The zero-order valence-corrected chi connectivity index (χ0v) is 11.9. The van der Waals surface area contributed by atoms with Crippen molar-refractivity contribution in [2.75, 3.05) is 0 Å². The SMILES string of the molecule is Brc1ccccc1-c1nc(-c2ccccc2)cs1. The molecule has 0 fully saturated rings. The van der Waals surface area contributed by atoms with Gasteiger partial charge in [-0.1, -0.05) is 64.5 Å². The summed E-state index contributed by atoms with van der Waals surface area (Å²) >= 11 is 5.24. The summed E-state index contributed by atoms with van der Waals surface area (Å²) in [5.74, 6) is 0. The van der Waals surface area contributed by atoms with Gasteiger partial charge in [0.05, 0.1) is 5.69 Å². The van der Waals surface area contributed by atoms with Crippen LogP contribution in [0.5, 0.6) is 0 Å². The van der Waals surface area contributed by atoms with Crippen molar-refractivity contribution in [3.05, 3.63) is 64.5 Å². The zero-order chi connectivity index (χ0) is 12.4. The van der Waals surface area contributed by atoms with Crippen LogP contribution in [0.4, 0.5) is 0 Å². The second-order valence-corrected chi connectivity index (χ2v) is 5.60. The Morgan fingerprint density at radius 3 is 2.39 bits per heavy atom. The summed E-state index contributed by atoms with van der Waals surface area (Å²) in [6, 6.07) is 18.4. The Balaban J connectivity index is 2.03. The van der Waals surface area contributed by atoms with Crippen molar-refractivity contribution in [3.8, 4) is 21.8 Å². The van der Waals surface area contributed by atoms with Gasteiger partial charge in [-0.25, -0.2) is 4.98 Å². The molecule has 0 aliphatic carbocycles. The predicted molar refractivity (Wildman–Crippen MR) is 80.7 cm³/mol. The van der Waals surface area contributed by atoms with E-state index < -0.39 is 0 Å². The quantitative estimate of drug-likeness (QED) is 0.630. The lowest BCUT2D eigenvalue weighted by Gasteiger charge is -1.99. The standard InChI is InChI=1S/C15H10BrNS/c16-13-9-5-4-8-12(13)15-17-14(10-18-15)11-6-2-1-3-7-11/h1-10H. The minimum Gasteiger partial charge on any atom is -0.236 e. The molecule has 0 N–H and O–H groups in total. The number of halogens is 1. The van der Waals surface area contributed by atoms with Crippen molar-refractivity contribution < 1.29 is 0 Å². The molecule has 0 radical (unpaired) electrons. The molecule has 2 aromatic carbocycles.